The summed E-state index contributed by atoms with van der Waals surface area (Å²) in [7, 11) is 0. The highest BCUT2D eigenvalue weighted by Gasteiger charge is 2.40. The van der Waals surface area contributed by atoms with E-state index < -0.39 is 12.0 Å². The van der Waals surface area contributed by atoms with Gasteiger partial charge in [-0.2, -0.15) is 0 Å². The second-order valence-electron chi connectivity index (χ2n) is 12.3. The molecule has 0 unspecified atom stereocenters. The predicted octanol–water partition coefficient (Wildman–Crippen LogP) is 7.33. The van der Waals surface area contributed by atoms with Crippen molar-refractivity contribution in [2.24, 2.45) is 5.92 Å². The van der Waals surface area contributed by atoms with Gasteiger partial charge in [0.25, 0.3) is 5.91 Å². The standard InChI is InChI=1S/C36H44N2O4/c1-7-42-31(39)21-18-26-16-19-27(20-17-26)33-30(34(40)37-29-14-9-13-28(23-29)36(4,5)6)15-10-22-38(33)35(41)32-24(2)11-8-12-25(32)3/h8-9,11-14,16-17,19-20,23,30,33H,7,10,15,18,21-22H2,1-6H3,(H,37,40)/t30-,33-/m0/s1. The van der Waals surface area contributed by atoms with Gasteiger partial charge in [0.15, 0.2) is 0 Å². The number of esters is 1. The van der Waals surface area contributed by atoms with E-state index >= 15 is 0 Å². The maximum atomic E-state index is 14.2. The number of amides is 2. The lowest BCUT2D eigenvalue weighted by atomic mass is 9.82. The zero-order valence-electron chi connectivity index (χ0n) is 25.8. The number of hydrogen-bond donors (Lipinski definition) is 1. The van der Waals surface area contributed by atoms with Crippen molar-refractivity contribution in [1.29, 1.82) is 0 Å². The molecule has 0 saturated carbocycles. The summed E-state index contributed by atoms with van der Waals surface area (Å²) in [5.41, 5.74) is 6.35. The van der Waals surface area contributed by atoms with Crippen molar-refractivity contribution >= 4 is 23.5 Å². The number of piperidine rings is 1. The number of anilines is 1. The molecule has 1 heterocycles. The van der Waals surface area contributed by atoms with Crippen molar-refractivity contribution in [3.05, 3.63) is 100 Å². The van der Waals surface area contributed by atoms with Crippen LogP contribution in [0.1, 0.15) is 91.2 Å². The van der Waals surface area contributed by atoms with Gasteiger partial charge in [0, 0.05) is 24.2 Å². The molecule has 0 aromatic heterocycles. The summed E-state index contributed by atoms with van der Waals surface area (Å²) in [6.07, 6.45) is 2.30. The Morgan fingerprint density at radius 1 is 0.952 bits per heavy atom. The minimum absolute atomic E-state index is 0.0439. The van der Waals surface area contributed by atoms with E-state index in [0.717, 1.165) is 39.9 Å². The summed E-state index contributed by atoms with van der Waals surface area (Å²) in [4.78, 5) is 41.9. The summed E-state index contributed by atoms with van der Waals surface area (Å²) in [5.74, 6) is -0.770. The van der Waals surface area contributed by atoms with E-state index in [-0.39, 0.29) is 23.2 Å². The monoisotopic (exact) mass is 568 g/mol. The van der Waals surface area contributed by atoms with Crippen molar-refractivity contribution in [3.8, 4) is 0 Å². The smallest absolute Gasteiger partial charge is 0.306 e. The van der Waals surface area contributed by atoms with E-state index in [1.807, 2.05) is 79.4 Å². The van der Waals surface area contributed by atoms with Crippen molar-refractivity contribution < 1.29 is 19.1 Å². The lowest BCUT2D eigenvalue weighted by molar-refractivity contribution is -0.143. The van der Waals surface area contributed by atoms with Crippen LogP contribution in [0.2, 0.25) is 0 Å². The Bertz CT molecular complexity index is 1400. The van der Waals surface area contributed by atoms with Crippen LogP contribution in [-0.4, -0.2) is 35.8 Å². The number of carbonyl (C=O) groups excluding carboxylic acids is 3. The molecule has 3 aromatic rings. The summed E-state index contributed by atoms with van der Waals surface area (Å²) >= 11 is 0. The molecule has 6 nitrogen and oxygen atoms in total. The van der Waals surface area contributed by atoms with Gasteiger partial charge in [0.05, 0.1) is 18.6 Å². The number of nitrogens with zero attached hydrogens (tertiary/aromatic N) is 1. The van der Waals surface area contributed by atoms with Crippen LogP contribution in [0.4, 0.5) is 5.69 Å². The van der Waals surface area contributed by atoms with Crippen LogP contribution >= 0.6 is 0 Å². The molecule has 1 N–H and O–H groups in total. The maximum absolute atomic E-state index is 14.2. The first-order valence-electron chi connectivity index (χ1n) is 15.0. The molecule has 1 saturated heterocycles. The van der Waals surface area contributed by atoms with Crippen LogP contribution in [0.15, 0.2) is 66.7 Å². The number of nitrogens with one attached hydrogen (secondary N) is 1. The number of aryl methyl sites for hydroxylation is 3. The van der Waals surface area contributed by atoms with Gasteiger partial charge in [-0.1, -0.05) is 75.4 Å². The van der Waals surface area contributed by atoms with E-state index in [0.29, 0.717) is 38.0 Å². The molecule has 1 aliphatic heterocycles. The number of carbonyl (C=O) groups is 3. The highest BCUT2D eigenvalue weighted by Crippen LogP contribution is 2.39. The Balaban J connectivity index is 1.67. The second kappa shape index (κ2) is 13.4. The maximum Gasteiger partial charge on any atom is 0.306 e. The minimum Gasteiger partial charge on any atom is -0.466 e. The normalized spacial score (nSPS) is 17.0. The highest BCUT2D eigenvalue weighted by atomic mass is 16.5. The van der Waals surface area contributed by atoms with Gasteiger partial charge < -0.3 is 15.0 Å². The number of likely N-dealkylation sites (tertiary alicyclic amines) is 1. The molecule has 0 spiro atoms. The third-order valence-corrected chi connectivity index (χ3v) is 8.16. The van der Waals surface area contributed by atoms with Gasteiger partial charge in [-0.25, -0.2) is 0 Å². The Morgan fingerprint density at radius 2 is 1.62 bits per heavy atom. The van der Waals surface area contributed by atoms with Gasteiger partial charge in [0.2, 0.25) is 5.91 Å². The predicted molar refractivity (Wildman–Crippen MR) is 168 cm³/mol. The van der Waals surface area contributed by atoms with E-state index in [4.69, 9.17) is 4.74 Å². The van der Waals surface area contributed by atoms with Crippen LogP contribution in [0.5, 0.6) is 0 Å². The molecule has 2 amide bonds. The summed E-state index contributed by atoms with van der Waals surface area (Å²) in [6, 6.07) is 21.5. The van der Waals surface area contributed by atoms with E-state index in [2.05, 4.69) is 32.2 Å². The molecule has 2 atom stereocenters. The van der Waals surface area contributed by atoms with Gasteiger partial charge in [-0.15, -0.1) is 0 Å². The van der Waals surface area contributed by atoms with Crippen LogP contribution in [-0.2, 0) is 26.2 Å². The van der Waals surface area contributed by atoms with E-state index in [9.17, 15) is 14.4 Å². The SMILES string of the molecule is CCOC(=O)CCc1ccc([C@H]2[C@@H](C(=O)Nc3cccc(C(C)(C)C)c3)CCCN2C(=O)c2c(C)cccc2C)cc1. The van der Waals surface area contributed by atoms with Crippen molar-refractivity contribution in [1.82, 2.24) is 4.90 Å². The Labute approximate surface area is 250 Å². The summed E-state index contributed by atoms with van der Waals surface area (Å²) < 4.78 is 5.07. The molecule has 222 valence electrons. The van der Waals surface area contributed by atoms with E-state index in [1.54, 1.807) is 6.92 Å². The second-order valence-corrected chi connectivity index (χ2v) is 12.3. The lowest BCUT2D eigenvalue weighted by Gasteiger charge is -2.41. The third kappa shape index (κ3) is 7.28. The first kappa shape index (κ1) is 31.0. The zero-order chi connectivity index (χ0) is 30.4. The van der Waals surface area contributed by atoms with Crippen molar-refractivity contribution in [2.45, 2.75) is 78.7 Å². The molecule has 0 radical (unpaired) electrons. The fourth-order valence-electron chi connectivity index (χ4n) is 5.87. The van der Waals surface area contributed by atoms with Crippen molar-refractivity contribution in [3.63, 3.8) is 0 Å². The van der Waals surface area contributed by atoms with Crippen LogP contribution in [0.25, 0.3) is 0 Å². The average Bonchev–Trinajstić information content (AvgIpc) is 2.95. The highest BCUT2D eigenvalue weighted by molar-refractivity contribution is 5.99. The Morgan fingerprint density at radius 3 is 2.26 bits per heavy atom. The molecule has 1 fully saturated rings. The van der Waals surface area contributed by atoms with Crippen LogP contribution < -0.4 is 5.32 Å². The van der Waals surface area contributed by atoms with Gasteiger partial charge in [-0.05, 0) is 85.4 Å². The molecule has 0 bridgehead atoms. The Hall–Kier alpha value is -3.93. The molecule has 4 rings (SSSR count). The molecule has 0 aliphatic carbocycles. The number of hydrogen-bond acceptors (Lipinski definition) is 4. The molecule has 6 heteroatoms. The van der Waals surface area contributed by atoms with Gasteiger partial charge >= 0.3 is 5.97 Å². The number of rotatable bonds is 8. The fraction of sp³-hybridized carbons (Fsp3) is 0.417. The third-order valence-electron chi connectivity index (χ3n) is 8.16. The lowest BCUT2D eigenvalue weighted by Crippen LogP contribution is -2.46. The number of ether oxygens (including phenoxy) is 1. The molecule has 1 aliphatic rings. The molecular weight excluding hydrogens is 524 g/mol. The fourth-order valence-corrected chi connectivity index (χ4v) is 5.87. The first-order valence-corrected chi connectivity index (χ1v) is 15.0. The molecule has 3 aromatic carbocycles. The molecule has 42 heavy (non-hydrogen) atoms. The molecular formula is C36H44N2O4. The van der Waals surface area contributed by atoms with E-state index in [1.165, 1.54) is 0 Å². The first-order chi connectivity index (χ1) is 20.0. The summed E-state index contributed by atoms with van der Waals surface area (Å²) in [6.45, 7) is 13.1. The van der Waals surface area contributed by atoms with Crippen LogP contribution in [0, 0.1) is 19.8 Å². The van der Waals surface area contributed by atoms with Gasteiger partial charge in [0.1, 0.15) is 0 Å². The zero-order valence-corrected chi connectivity index (χ0v) is 25.8. The van der Waals surface area contributed by atoms with Gasteiger partial charge in [-0.3, -0.25) is 14.4 Å². The summed E-state index contributed by atoms with van der Waals surface area (Å²) in [5, 5.41) is 3.17. The average molecular weight is 569 g/mol. The Kier molecular flexibility index (Phi) is 9.87. The van der Waals surface area contributed by atoms with Crippen molar-refractivity contribution in [2.75, 3.05) is 18.5 Å². The topological polar surface area (TPSA) is 75.7 Å². The quantitative estimate of drug-likeness (QED) is 0.289. The van der Waals surface area contributed by atoms with Crippen LogP contribution in [0.3, 0.4) is 0 Å². The minimum atomic E-state index is -0.421. The number of benzene rings is 3. The largest absolute Gasteiger partial charge is 0.466 e.